The molecule has 36 heavy (non-hydrogen) atoms. The van der Waals surface area contributed by atoms with E-state index in [1.54, 1.807) is 4.31 Å². The van der Waals surface area contributed by atoms with Crippen LogP contribution in [0.25, 0.3) is 0 Å². The predicted molar refractivity (Wildman–Crippen MR) is 145 cm³/mol. The molecular weight excluding hydrogens is 470 g/mol. The topological polar surface area (TPSA) is 60.9 Å². The van der Waals surface area contributed by atoms with Crippen molar-refractivity contribution >= 4 is 15.9 Å². The molecule has 0 N–H and O–H groups in total. The second kappa shape index (κ2) is 10.2. The molecule has 1 amide bonds. The molecule has 200 valence electrons. The van der Waals surface area contributed by atoms with Crippen LogP contribution in [0.5, 0.6) is 0 Å². The first-order valence-electron chi connectivity index (χ1n) is 13.6. The zero-order chi connectivity index (χ0) is 26.4. The third-order valence-electron chi connectivity index (χ3n) is 8.98. The quantitative estimate of drug-likeness (QED) is 0.482. The molecule has 4 aliphatic rings. The van der Waals surface area contributed by atoms with Gasteiger partial charge in [-0.25, -0.2) is 8.42 Å². The molecule has 2 bridgehead atoms. The lowest BCUT2D eigenvalue weighted by molar-refractivity contribution is -0.134. The number of piperazine rings is 1. The normalized spacial score (nSPS) is 24.4. The van der Waals surface area contributed by atoms with E-state index in [9.17, 15) is 13.2 Å². The van der Waals surface area contributed by atoms with E-state index >= 15 is 0 Å². The number of rotatable bonds is 8. The number of fused-ring (bicyclic) bond motifs is 1. The van der Waals surface area contributed by atoms with Crippen LogP contribution >= 0.6 is 0 Å². The van der Waals surface area contributed by atoms with Crippen molar-refractivity contribution in [3.8, 4) is 0 Å². The van der Waals surface area contributed by atoms with E-state index in [0.29, 0.717) is 49.0 Å². The molecule has 5 rings (SSSR count). The lowest BCUT2D eigenvalue weighted by Crippen LogP contribution is -2.52. The molecule has 0 aromatic heterocycles. The molecule has 2 unspecified atom stereocenters. The van der Waals surface area contributed by atoms with E-state index in [2.05, 4.69) is 24.8 Å². The second-order valence-corrected chi connectivity index (χ2v) is 14.1. The summed E-state index contributed by atoms with van der Waals surface area (Å²) < 4.78 is 28.5. The maximum absolute atomic E-state index is 13.4. The number of hydrogen-bond donors (Lipinski definition) is 0. The van der Waals surface area contributed by atoms with E-state index in [4.69, 9.17) is 0 Å². The zero-order valence-corrected chi connectivity index (χ0v) is 24.1. The zero-order valence-electron chi connectivity index (χ0n) is 23.3. The summed E-state index contributed by atoms with van der Waals surface area (Å²) in [4.78, 5) is 17.9. The van der Waals surface area contributed by atoms with Crippen LogP contribution in [0.15, 0.2) is 28.7 Å². The molecule has 1 aromatic rings. The minimum Gasteiger partial charge on any atom is -0.337 e. The van der Waals surface area contributed by atoms with Crippen LogP contribution in [0.3, 0.4) is 0 Å². The molecule has 2 atom stereocenters. The number of carbonyl (C=O) groups is 1. The maximum Gasteiger partial charge on any atom is 0.243 e. The van der Waals surface area contributed by atoms with Crippen LogP contribution in [0.4, 0.5) is 0 Å². The summed E-state index contributed by atoms with van der Waals surface area (Å²) in [5.41, 5.74) is 4.51. The Kier molecular flexibility index (Phi) is 7.76. The smallest absolute Gasteiger partial charge is 0.243 e. The van der Waals surface area contributed by atoms with Gasteiger partial charge in [-0.05, 0) is 62.0 Å². The van der Waals surface area contributed by atoms with Crippen LogP contribution in [0.2, 0.25) is 0 Å². The first-order valence-corrected chi connectivity index (χ1v) is 15.0. The van der Waals surface area contributed by atoms with Gasteiger partial charge < -0.3 is 4.90 Å². The highest BCUT2D eigenvalue weighted by Gasteiger charge is 2.51. The minimum absolute atomic E-state index is 0.0284. The first kappa shape index (κ1) is 27.3. The molecule has 1 aromatic carbocycles. The first-order chi connectivity index (χ1) is 16.8. The van der Waals surface area contributed by atoms with Crippen LogP contribution in [0, 0.1) is 43.9 Å². The molecule has 1 aliphatic heterocycles. The Labute approximate surface area is 218 Å². The van der Waals surface area contributed by atoms with Gasteiger partial charge in [-0.3, -0.25) is 9.69 Å². The summed E-state index contributed by atoms with van der Waals surface area (Å²) in [7, 11) is -3.52. The fourth-order valence-electron chi connectivity index (χ4n) is 6.67. The van der Waals surface area contributed by atoms with Crippen molar-refractivity contribution in [3.05, 3.63) is 40.5 Å². The maximum atomic E-state index is 13.4. The van der Waals surface area contributed by atoms with Gasteiger partial charge in [0.2, 0.25) is 15.9 Å². The van der Waals surface area contributed by atoms with Gasteiger partial charge in [-0.1, -0.05) is 57.0 Å². The summed E-state index contributed by atoms with van der Waals surface area (Å²) in [5.74, 6) is 1.57. The monoisotopic (exact) mass is 515 g/mol. The summed E-state index contributed by atoms with van der Waals surface area (Å²) in [6.45, 7) is 19.0. The third kappa shape index (κ3) is 5.16. The predicted octanol–water partition coefficient (Wildman–Crippen LogP) is 4.40. The van der Waals surface area contributed by atoms with E-state index < -0.39 is 10.0 Å². The summed E-state index contributed by atoms with van der Waals surface area (Å²) in [6, 6.07) is 3.90. The Morgan fingerprint density at radius 2 is 1.69 bits per heavy atom. The molecule has 7 heteroatoms. The number of allylic oxidation sites excluding steroid dienone is 1. The van der Waals surface area contributed by atoms with Gasteiger partial charge in [0.15, 0.2) is 0 Å². The lowest BCUT2D eigenvalue weighted by Gasteiger charge is -2.57. The fraction of sp³-hybridized carbons (Fsp3) is 0.690. The van der Waals surface area contributed by atoms with Crippen molar-refractivity contribution in [3.63, 3.8) is 0 Å². The Bertz CT molecular complexity index is 1110. The number of nitrogens with zero attached hydrogens (tertiary/aromatic N) is 3. The Morgan fingerprint density at radius 3 is 2.22 bits per heavy atom. The molecule has 3 aliphatic carbocycles. The third-order valence-corrected chi connectivity index (χ3v) is 11.2. The largest absolute Gasteiger partial charge is 0.337 e. The van der Waals surface area contributed by atoms with Crippen molar-refractivity contribution in [2.75, 3.05) is 45.8 Å². The van der Waals surface area contributed by atoms with E-state index in [0.717, 1.165) is 42.1 Å². The van der Waals surface area contributed by atoms with Crippen molar-refractivity contribution in [2.45, 2.75) is 66.2 Å². The Hall–Kier alpha value is -1.70. The molecule has 0 spiro atoms. The van der Waals surface area contributed by atoms with Gasteiger partial charge in [0.25, 0.3) is 0 Å². The van der Waals surface area contributed by atoms with Crippen molar-refractivity contribution in [1.82, 2.24) is 14.1 Å². The van der Waals surface area contributed by atoms with Crippen molar-refractivity contribution in [2.24, 2.45) is 23.2 Å². The summed E-state index contributed by atoms with van der Waals surface area (Å²) in [6.07, 6.45) is 4.79. The highest BCUT2D eigenvalue weighted by molar-refractivity contribution is 7.89. The average molecular weight is 516 g/mol. The summed E-state index contributed by atoms with van der Waals surface area (Å²) in [5, 5.41) is 0. The molecule has 1 saturated heterocycles. The second-order valence-electron chi connectivity index (χ2n) is 12.2. The Balaban J connectivity index is 1.37. The number of benzene rings is 1. The van der Waals surface area contributed by atoms with E-state index in [1.165, 1.54) is 12.0 Å². The number of hydrogen-bond acceptors (Lipinski definition) is 4. The molecule has 2 fully saturated rings. The van der Waals surface area contributed by atoms with Crippen LogP contribution in [0.1, 0.15) is 57.2 Å². The van der Waals surface area contributed by atoms with Crippen LogP contribution in [-0.4, -0.2) is 74.2 Å². The lowest BCUT2D eigenvalue weighted by atomic mass is 9.49. The standard InChI is InChI=1S/C29H45N3O3S/c1-20(2)28(33)31(19-24-8-9-25-18-26(24)29(25,6)7)13-10-30-11-14-32(15-12-30)36(34,35)27-22(4)16-21(3)17-23(27)5/h8,16-17,20,25-26H,9-15,18-19H2,1-7H3. The highest BCUT2D eigenvalue weighted by Crippen LogP contribution is 2.59. The summed E-state index contributed by atoms with van der Waals surface area (Å²) >= 11 is 0. The molecule has 0 radical (unpaired) electrons. The SMILES string of the molecule is Cc1cc(C)c(S(=O)(=O)N2CCN(CCN(CC3=CCC4CC3C4(C)C)C(=O)C(C)C)CC2)c(C)c1. The minimum atomic E-state index is -3.52. The van der Waals surface area contributed by atoms with Crippen molar-refractivity contribution in [1.29, 1.82) is 0 Å². The van der Waals surface area contributed by atoms with Gasteiger partial charge in [-0.2, -0.15) is 4.31 Å². The van der Waals surface area contributed by atoms with Gasteiger partial charge in [0.05, 0.1) is 4.90 Å². The fourth-order valence-corrected chi connectivity index (χ4v) is 8.50. The average Bonchev–Trinajstić information content (AvgIpc) is 2.80. The number of aryl methyl sites for hydroxylation is 3. The van der Waals surface area contributed by atoms with Gasteiger partial charge in [0.1, 0.15) is 0 Å². The van der Waals surface area contributed by atoms with Crippen LogP contribution in [-0.2, 0) is 14.8 Å². The number of amides is 1. The van der Waals surface area contributed by atoms with Gasteiger partial charge >= 0.3 is 0 Å². The number of carbonyl (C=O) groups excluding carboxylic acids is 1. The molecule has 6 nitrogen and oxygen atoms in total. The van der Waals surface area contributed by atoms with Gasteiger partial charge in [0, 0.05) is 51.7 Å². The molecule has 1 heterocycles. The Morgan fingerprint density at radius 1 is 1.08 bits per heavy atom. The number of sulfonamides is 1. The van der Waals surface area contributed by atoms with E-state index in [-0.39, 0.29) is 11.8 Å². The van der Waals surface area contributed by atoms with Crippen LogP contribution < -0.4 is 0 Å². The highest BCUT2D eigenvalue weighted by atomic mass is 32.2. The van der Waals surface area contributed by atoms with Crippen molar-refractivity contribution < 1.29 is 13.2 Å². The van der Waals surface area contributed by atoms with Gasteiger partial charge in [-0.15, -0.1) is 0 Å². The molecular formula is C29H45N3O3S. The molecule has 1 saturated carbocycles. The van der Waals surface area contributed by atoms with E-state index in [1.807, 2.05) is 51.7 Å².